The number of nitrogens with one attached hydrogen (secondary N) is 1. The van der Waals surface area contributed by atoms with Crippen molar-refractivity contribution >= 4 is 11.5 Å². The van der Waals surface area contributed by atoms with Gasteiger partial charge in [-0.15, -0.1) is 0 Å². The Hall–Kier alpha value is -2.29. The number of hydrogen-bond donors (Lipinski definition) is 1. The first kappa shape index (κ1) is 13.7. The Kier molecular flexibility index (Phi) is 3.42. The van der Waals surface area contributed by atoms with Gasteiger partial charge in [-0.2, -0.15) is 9.78 Å². The summed E-state index contributed by atoms with van der Waals surface area (Å²) in [6.45, 7) is 5.86. The lowest BCUT2D eigenvalue weighted by molar-refractivity contribution is 0.569. The fourth-order valence-corrected chi connectivity index (χ4v) is 2.95. The van der Waals surface area contributed by atoms with Gasteiger partial charge >= 0.3 is 0 Å². The number of anilines is 1. The molecule has 3 rings (SSSR count). The maximum atomic E-state index is 12.7. The first-order valence-electron chi connectivity index (χ1n) is 7.42. The zero-order valence-electron chi connectivity index (χ0n) is 12.4. The van der Waals surface area contributed by atoms with Gasteiger partial charge in [0.05, 0.1) is 5.56 Å². The molecule has 1 saturated heterocycles. The number of piperidine rings is 1. The highest BCUT2D eigenvalue weighted by atomic mass is 16.1. The number of nitriles is 1. The van der Waals surface area contributed by atoms with Crippen LogP contribution in [0, 0.1) is 11.3 Å². The molecule has 0 aliphatic carbocycles. The highest BCUT2D eigenvalue weighted by Gasteiger charge is 2.23. The van der Waals surface area contributed by atoms with E-state index in [9.17, 15) is 4.79 Å². The van der Waals surface area contributed by atoms with Crippen molar-refractivity contribution in [2.75, 3.05) is 18.0 Å². The second-order valence-corrected chi connectivity index (χ2v) is 5.81. The second-order valence-electron chi connectivity index (χ2n) is 5.81. The van der Waals surface area contributed by atoms with Crippen LogP contribution in [0.2, 0.25) is 0 Å². The maximum Gasteiger partial charge on any atom is 0.278 e. The molecule has 6 nitrogen and oxygen atoms in total. The zero-order chi connectivity index (χ0) is 15.0. The molecular weight excluding hydrogens is 266 g/mol. The molecule has 0 bridgehead atoms. The SMILES string of the molecule is CC(C)c1c(N2CCCCC2)nc2c(C#N)c[nH]n2c1=O. The molecule has 0 atom stereocenters. The quantitative estimate of drug-likeness (QED) is 0.915. The van der Waals surface area contributed by atoms with Crippen molar-refractivity contribution < 1.29 is 0 Å². The summed E-state index contributed by atoms with van der Waals surface area (Å²) in [5, 5.41) is 12.0. The first-order valence-corrected chi connectivity index (χ1v) is 7.42. The minimum absolute atomic E-state index is 0.0904. The Labute approximate surface area is 123 Å². The number of hydrogen-bond acceptors (Lipinski definition) is 4. The van der Waals surface area contributed by atoms with E-state index in [2.05, 4.69) is 21.1 Å². The fourth-order valence-electron chi connectivity index (χ4n) is 2.95. The summed E-state index contributed by atoms with van der Waals surface area (Å²) in [4.78, 5) is 19.6. The third kappa shape index (κ3) is 2.19. The van der Waals surface area contributed by atoms with Crippen molar-refractivity contribution in [1.82, 2.24) is 14.6 Å². The molecule has 3 heterocycles. The molecule has 0 aromatic carbocycles. The molecular formula is C15H19N5O. The van der Waals surface area contributed by atoms with E-state index in [1.807, 2.05) is 13.8 Å². The molecule has 0 radical (unpaired) electrons. The Morgan fingerprint density at radius 2 is 2.05 bits per heavy atom. The Bertz CT molecular complexity index is 759. The van der Waals surface area contributed by atoms with E-state index in [0.717, 1.165) is 37.3 Å². The van der Waals surface area contributed by atoms with E-state index in [-0.39, 0.29) is 11.5 Å². The maximum absolute atomic E-state index is 12.7. The van der Waals surface area contributed by atoms with Crippen LogP contribution in [-0.4, -0.2) is 27.7 Å². The van der Waals surface area contributed by atoms with Crippen molar-refractivity contribution in [3.8, 4) is 6.07 Å². The molecule has 1 N–H and O–H groups in total. The van der Waals surface area contributed by atoms with Gasteiger partial charge in [-0.3, -0.25) is 9.89 Å². The molecule has 1 aliphatic rings. The third-order valence-corrected chi connectivity index (χ3v) is 4.03. The number of aromatic nitrogens is 3. The van der Waals surface area contributed by atoms with Gasteiger partial charge in [0.1, 0.15) is 17.5 Å². The van der Waals surface area contributed by atoms with Crippen molar-refractivity contribution in [1.29, 1.82) is 5.26 Å². The fraction of sp³-hybridized carbons (Fsp3) is 0.533. The summed E-state index contributed by atoms with van der Waals surface area (Å²) in [5.74, 6) is 0.846. The standard InChI is InChI=1S/C15H19N5O/c1-10(2)12-14(19-6-4-3-5-7-19)18-13-11(8-16)9-17-20(13)15(12)21/h9-10,17H,3-7H2,1-2H3. The van der Waals surface area contributed by atoms with Gasteiger partial charge in [-0.25, -0.2) is 4.98 Å². The lowest BCUT2D eigenvalue weighted by atomic mass is 10.0. The smallest absolute Gasteiger partial charge is 0.278 e. The highest BCUT2D eigenvalue weighted by Crippen LogP contribution is 2.26. The number of H-pyrrole nitrogens is 1. The van der Waals surface area contributed by atoms with E-state index in [1.54, 1.807) is 0 Å². The van der Waals surface area contributed by atoms with Gasteiger partial charge in [-0.05, 0) is 25.2 Å². The summed E-state index contributed by atoms with van der Waals surface area (Å²) in [6.07, 6.45) is 5.00. The Morgan fingerprint density at radius 1 is 1.33 bits per heavy atom. The van der Waals surface area contributed by atoms with Crippen molar-refractivity contribution in [2.24, 2.45) is 0 Å². The van der Waals surface area contributed by atoms with Crippen LogP contribution >= 0.6 is 0 Å². The second kappa shape index (κ2) is 5.24. The van der Waals surface area contributed by atoms with Gasteiger partial charge in [-0.1, -0.05) is 13.8 Å². The van der Waals surface area contributed by atoms with Crippen LogP contribution in [0.5, 0.6) is 0 Å². The number of aromatic amines is 1. The molecule has 0 unspecified atom stereocenters. The predicted octanol–water partition coefficient (Wildman–Crippen LogP) is 2.01. The molecule has 6 heteroatoms. The van der Waals surface area contributed by atoms with Crippen LogP contribution < -0.4 is 10.5 Å². The summed E-state index contributed by atoms with van der Waals surface area (Å²) in [7, 11) is 0. The van der Waals surface area contributed by atoms with E-state index < -0.39 is 0 Å². The van der Waals surface area contributed by atoms with Gasteiger partial charge in [0.25, 0.3) is 5.56 Å². The van der Waals surface area contributed by atoms with Gasteiger partial charge in [0, 0.05) is 19.3 Å². The summed E-state index contributed by atoms with van der Waals surface area (Å²) < 4.78 is 1.38. The largest absolute Gasteiger partial charge is 0.356 e. The van der Waals surface area contributed by atoms with E-state index in [0.29, 0.717) is 11.2 Å². The molecule has 2 aromatic heterocycles. The number of rotatable bonds is 2. The van der Waals surface area contributed by atoms with Crippen LogP contribution in [0.4, 0.5) is 5.82 Å². The lowest BCUT2D eigenvalue weighted by Gasteiger charge is -2.29. The van der Waals surface area contributed by atoms with Gasteiger partial charge in [0.15, 0.2) is 5.65 Å². The molecule has 2 aromatic rings. The Morgan fingerprint density at radius 3 is 2.67 bits per heavy atom. The normalized spacial score (nSPS) is 15.6. The topological polar surface area (TPSA) is 77.2 Å². The molecule has 1 aliphatic heterocycles. The van der Waals surface area contributed by atoms with Crippen LogP contribution in [-0.2, 0) is 0 Å². The van der Waals surface area contributed by atoms with Crippen LogP contribution in [0.15, 0.2) is 11.0 Å². The lowest BCUT2D eigenvalue weighted by Crippen LogP contribution is -2.34. The zero-order valence-corrected chi connectivity index (χ0v) is 12.4. The number of fused-ring (bicyclic) bond motifs is 1. The first-order chi connectivity index (χ1) is 10.1. The van der Waals surface area contributed by atoms with Crippen molar-refractivity contribution in [3.63, 3.8) is 0 Å². The summed E-state index contributed by atoms with van der Waals surface area (Å²) in [6, 6.07) is 2.08. The van der Waals surface area contributed by atoms with Crippen LogP contribution in [0.1, 0.15) is 50.2 Å². The predicted molar refractivity (Wildman–Crippen MR) is 80.7 cm³/mol. The van der Waals surface area contributed by atoms with E-state index >= 15 is 0 Å². The van der Waals surface area contributed by atoms with Gasteiger partial charge in [0.2, 0.25) is 0 Å². The van der Waals surface area contributed by atoms with Crippen LogP contribution in [0.25, 0.3) is 5.65 Å². The van der Waals surface area contributed by atoms with Gasteiger partial charge < -0.3 is 4.90 Å². The Balaban J connectivity index is 2.27. The van der Waals surface area contributed by atoms with E-state index in [1.165, 1.54) is 17.1 Å². The van der Waals surface area contributed by atoms with E-state index in [4.69, 9.17) is 5.26 Å². The molecule has 0 saturated carbocycles. The molecule has 1 fully saturated rings. The van der Waals surface area contributed by atoms with Crippen molar-refractivity contribution in [2.45, 2.75) is 39.0 Å². The molecule has 110 valence electrons. The monoisotopic (exact) mass is 285 g/mol. The molecule has 0 spiro atoms. The highest BCUT2D eigenvalue weighted by molar-refractivity contribution is 5.60. The summed E-state index contributed by atoms with van der Waals surface area (Å²) >= 11 is 0. The third-order valence-electron chi connectivity index (χ3n) is 4.03. The minimum Gasteiger partial charge on any atom is -0.356 e. The minimum atomic E-state index is -0.0999. The number of nitrogens with zero attached hydrogens (tertiary/aromatic N) is 4. The van der Waals surface area contributed by atoms with Crippen LogP contribution in [0.3, 0.4) is 0 Å². The molecule has 21 heavy (non-hydrogen) atoms. The summed E-state index contributed by atoms with van der Waals surface area (Å²) in [5.41, 5.74) is 1.45. The average molecular weight is 285 g/mol. The van der Waals surface area contributed by atoms with Crippen molar-refractivity contribution in [3.05, 3.63) is 27.7 Å². The average Bonchev–Trinajstić information content (AvgIpc) is 2.91. The molecule has 0 amide bonds.